The summed E-state index contributed by atoms with van der Waals surface area (Å²) in [4.78, 5) is 18.1. The monoisotopic (exact) mass is 377 g/mol. The third-order valence-corrected chi connectivity index (χ3v) is 5.61. The Labute approximate surface area is 165 Å². The van der Waals surface area contributed by atoms with Crippen molar-refractivity contribution in [3.05, 3.63) is 48.0 Å². The first-order chi connectivity index (χ1) is 13.4. The van der Waals surface area contributed by atoms with E-state index in [0.717, 1.165) is 0 Å². The van der Waals surface area contributed by atoms with Crippen LogP contribution >= 0.6 is 0 Å². The number of carbonyl (C=O) groups is 1. The molecule has 7 nitrogen and oxygen atoms in total. The van der Waals surface area contributed by atoms with E-state index in [2.05, 4.69) is 49.3 Å². The second-order valence-electron chi connectivity index (χ2n) is 7.98. The second kappa shape index (κ2) is 6.93. The van der Waals surface area contributed by atoms with E-state index >= 15 is 0 Å². The highest BCUT2D eigenvalue weighted by atomic mass is 16.5. The van der Waals surface area contributed by atoms with Gasteiger partial charge >= 0.3 is 0 Å². The topological polar surface area (TPSA) is 77.0 Å². The molecular weight excluding hydrogens is 353 g/mol. The number of hydrogen-bond acceptors (Lipinski definition) is 5. The molecule has 0 bridgehead atoms. The van der Waals surface area contributed by atoms with E-state index in [4.69, 9.17) is 9.51 Å². The van der Waals surface area contributed by atoms with Crippen LogP contribution in [-0.4, -0.2) is 52.7 Å². The summed E-state index contributed by atoms with van der Waals surface area (Å²) in [5, 5.41) is 8.57. The Balaban J connectivity index is 1.62. The van der Waals surface area contributed by atoms with Gasteiger partial charge in [-0.2, -0.15) is 10.1 Å². The minimum absolute atomic E-state index is 0.0263. The molecule has 0 spiro atoms. The van der Waals surface area contributed by atoms with E-state index in [1.54, 1.807) is 31.2 Å². The number of likely N-dealkylation sites (N-methyl/N-ethyl adjacent to an activating group) is 1. The third-order valence-electron chi connectivity index (χ3n) is 5.61. The lowest BCUT2D eigenvalue weighted by Gasteiger charge is -2.26. The molecule has 8 heteroatoms. The molecule has 2 aromatic heterocycles. The van der Waals surface area contributed by atoms with Gasteiger partial charge in [0.1, 0.15) is 14.4 Å². The van der Waals surface area contributed by atoms with Gasteiger partial charge in [0.2, 0.25) is 5.91 Å². The Morgan fingerprint density at radius 2 is 2.04 bits per heavy atom. The van der Waals surface area contributed by atoms with E-state index in [1.165, 1.54) is 28.8 Å². The number of aromatic nitrogens is 4. The molecule has 3 aromatic rings. The maximum Gasteiger partial charge on any atom is 0.261 e. The SMILES string of the molecule is Bc1ccc(C(C)(c2noc(-c3cnn(CC(=O)N(C)C)c3)n2)C2CC2)cc1. The van der Waals surface area contributed by atoms with Crippen molar-refractivity contribution in [2.45, 2.75) is 31.7 Å². The highest BCUT2D eigenvalue weighted by molar-refractivity contribution is 6.32. The van der Waals surface area contributed by atoms with Gasteiger partial charge in [-0.05, 0) is 31.2 Å². The van der Waals surface area contributed by atoms with Gasteiger partial charge in [-0.3, -0.25) is 9.48 Å². The zero-order chi connectivity index (χ0) is 19.9. The molecule has 144 valence electrons. The molecular formula is C20H24BN5O2. The highest BCUT2D eigenvalue weighted by Gasteiger charge is 2.47. The smallest absolute Gasteiger partial charge is 0.261 e. The lowest BCUT2D eigenvalue weighted by molar-refractivity contribution is -0.129. The average molecular weight is 377 g/mol. The van der Waals surface area contributed by atoms with Crippen molar-refractivity contribution in [3.63, 3.8) is 0 Å². The van der Waals surface area contributed by atoms with Gasteiger partial charge in [-0.25, -0.2) is 0 Å². The highest BCUT2D eigenvalue weighted by Crippen LogP contribution is 2.50. The molecule has 1 saturated carbocycles. The summed E-state index contributed by atoms with van der Waals surface area (Å²) in [5.74, 6) is 1.62. The van der Waals surface area contributed by atoms with Crippen LogP contribution in [0.15, 0.2) is 41.2 Å². The summed E-state index contributed by atoms with van der Waals surface area (Å²) < 4.78 is 7.16. The number of hydrogen-bond donors (Lipinski definition) is 0. The molecule has 2 heterocycles. The van der Waals surface area contributed by atoms with E-state index in [9.17, 15) is 4.79 Å². The summed E-state index contributed by atoms with van der Waals surface area (Å²) in [6.07, 6.45) is 5.75. The van der Waals surface area contributed by atoms with Crippen LogP contribution in [0.5, 0.6) is 0 Å². The fourth-order valence-corrected chi connectivity index (χ4v) is 3.50. The van der Waals surface area contributed by atoms with Crippen LogP contribution in [-0.2, 0) is 16.8 Å². The van der Waals surface area contributed by atoms with Gasteiger partial charge in [0, 0.05) is 20.3 Å². The fraction of sp³-hybridized carbons (Fsp3) is 0.400. The summed E-state index contributed by atoms with van der Waals surface area (Å²) in [6, 6.07) is 8.58. The Bertz CT molecular complexity index is 990. The van der Waals surface area contributed by atoms with Crippen LogP contribution < -0.4 is 5.46 Å². The number of amides is 1. The Kier molecular flexibility index (Phi) is 4.57. The molecule has 0 aliphatic heterocycles. The minimum atomic E-state index is -0.271. The molecule has 0 radical (unpaired) electrons. The zero-order valence-electron chi connectivity index (χ0n) is 16.7. The molecule has 1 aliphatic carbocycles. The van der Waals surface area contributed by atoms with Crippen LogP contribution in [0.25, 0.3) is 11.5 Å². The number of carbonyl (C=O) groups excluding carboxylic acids is 1. The first kappa shape index (κ1) is 18.5. The van der Waals surface area contributed by atoms with Gasteiger partial charge in [-0.1, -0.05) is 34.9 Å². The van der Waals surface area contributed by atoms with Crippen molar-refractivity contribution in [1.82, 2.24) is 24.8 Å². The van der Waals surface area contributed by atoms with Crippen LogP contribution in [0.2, 0.25) is 0 Å². The predicted molar refractivity (Wildman–Crippen MR) is 108 cm³/mol. The molecule has 1 unspecified atom stereocenters. The molecule has 1 atom stereocenters. The molecule has 0 N–H and O–H groups in total. The summed E-state index contributed by atoms with van der Waals surface area (Å²) in [7, 11) is 5.53. The summed E-state index contributed by atoms with van der Waals surface area (Å²) in [5.41, 5.74) is 2.88. The van der Waals surface area contributed by atoms with Crippen molar-refractivity contribution in [2.75, 3.05) is 14.1 Å². The third kappa shape index (κ3) is 3.34. The summed E-state index contributed by atoms with van der Waals surface area (Å²) >= 11 is 0. The molecule has 1 aromatic carbocycles. The van der Waals surface area contributed by atoms with Crippen molar-refractivity contribution in [1.29, 1.82) is 0 Å². The summed E-state index contributed by atoms with van der Waals surface area (Å²) in [6.45, 7) is 2.38. The van der Waals surface area contributed by atoms with Crippen molar-refractivity contribution >= 4 is 19.2 Å². The predicted octanol–water partition coefficient (Wildman–Crippen LogP) is 0.996. The Morgan fingerprint density at radius 1 is 1.32 bits per heavy atom. The molecule has 0 saturated heterocycles. The largest absolute Gasteiger partial charge is 0.347 e. The molecule has 1 fully saturated rings. The lowest BCUT2D eigenvalue weighted by atomic mass is 9.76. The van der Waals surface area contributed by atoms with E-state index in [-0.39, 0.29) is 17.9 Å². The number of nitrogens with zero attached hydrogens (tertiary/aromatic N) is 5. The van der Waals surface area contributed by atoms with Crippen LogP contribution in [0.4, 0.5) is 0 Å². The Morgan fingerprint density at radius 3 is 2.68 bits per heavy atom. The maximum atomic E-state index is 11.9. The van der Waals surface area contributed by atoms with Crippen molar-refractivity contribution in [3.8, 4) is 11.5 Å². The van der Waals surface area contributed by atoms with E-state index in [1.807, 2.05) is 0 Å². The Hall–Kier alpha value is -2.90. The van der Waals surface area contributed by atoms with E-state index < -0.39 is 0 Å². The van der Waals surface area contributed by atoms with Gasteiger partial charge in [0.05, 0.1) is 17.2 Å². The van der Waals surface area contributed by atoms with Crippen LogP contribution in [0, 0.1) is 5.92 Å². The molecule has 28 heavy (non-hydrogen) atoms. The van der Waals surface area contributed by atoms with Gasteiger partial charge < -0.3 is 9.42 Å². The van der Waals surface area contributed by atoms with Gasteiger partial charge in [0.25, 0.3) is 5.89 Å². The van der Waals surface area contributed by atoms with E-state index in [0.29, 0.717) is 23.2 Å². The standard InChI is InChI=1S/C20H24BN5O2/c1-20(14-4-5-14,15-6-8-16(21)9-7-15)19-23-18(28-24-19)13-10-22-26(11-13)12-17(27)25(2)3/h6-11,14H,4-5,12,21H2,1-3H3. The average Bonchev–Trinajstić information content (AvgIpc) is 3.23. The van der Waals surface area contributed by atoms with Gasteiger partial charge in [0.15, 0.2) is 5.82 Å². The second-order valence-corrected chi connectivity index (χ2v) is 7.98. The van der Waals surface area contributed by atoms with Crippen LogP contribution in [0.1, 0.15) is 31.2 Å². The number of rotatable bonds is 6. The zero-order valence-corrected chi connectivity index (χ0v) is 16.7. The molecule has 1 aliphatic rings. The van der Waals surface area contributed by atoms with Gasteiger partial charge in [-0.15, -0.1) is 0 Å². The fourth-order valence-electron chi connectivity index (χ4n) is 3.50. The molecule has 1 amide bonds. The first-order valence-corrected chi connectivity index (χ1v) is 9.52. The van der Waals surface area contributed by atoms with Crippen molar-refractivity contribution in [2.24, 2.45) is 5.92 Å². The minimum Gasteiger partial charge on any atom is -0.347 e. The lowest BCUT2D eigenvalue weighted by Crippen LogP contribution is -2.28. The van der Waals surface area contributed by atoms with Crippen molar-refractivity contribution < 1.29 is 9.32 Å². The van der Waals surface area contributed by atoms with Crippen LogP contribution in [0.3, 0.4) is 0 Å². The molecule has 4 rings (SSSR count). The maximum absolute atomic E-state index is 11.9. The first-order valence-electron chi connectivity index (χ1n) is 9.52. The number of benzene rings is 1. The quantitative estimate of drug-likeness (QED) is 0.599. The normalized spacial score (nSPS) is 16.0.